The summed E-state index contributed by atoms with van der Waals surface area (Å²) in [6.45, 7) is 46.3. The average Bonchev–Trinajstić information content (AvgIpc) is 3.20. The molecule has 0 amide bonds. The van der Waals surface area contributed by atoms with Crippen molar-refractivity contribution in [1.29, 1.82) is 0 Å². The lowest BCUT2D eigenvalue weighted by atomic mass is 9.88. The Bertz CT molecular complexity index is 1050. The van der Waals surface area contributed by atoms with Gasteiger partial charge in [0.1, 0.15) is 18.3 Å². The lowest BCUT2D eigenvalue weighted by Crippen LogP contribution is -2.40. The summed E-state index contributed by atoms with van der Waals surface area (Å²) in [5, 5.41) is 0. The topological polar surface area (TPSA) is 92.3 Å². The van der Waals surface area contributed by atoms with Crippen LogP contribution in [-0.4, -0.2) is 129 Å². The highest BCUT2D eigenvalue weighted by molar-refractivity contribution is 4.73. The van der Waals surface area contributed by atoms with Crippen molar-refractivity contribution in [1.82, 2.24) is 0 Å². The monoisotopic (exact) mass is 917 g/mol. The van der Waals surface area contributed by atoms with E-state index in [9.17, 15) is 0 Å². The second kappa shape index (κ2) is 36.6. The third-order valence-electron chi connectivity index (χ3n) is 12.6. The molecule has 1 rings (SSSR count). The molecule has 1 heterocycles. The van der Waals surface area contributed by atoms with Crippen LogP contribution in [0.1, 0.15) is 156 Å². The van der Waals surface area contributed by atoms with Crippen LogP contribution >= 0.6 is 0 Å². The van der Waals surface area contributed by atoms with Gasteiger partial charge in [0, 0.05) is 12.5 Å². The van der Waals surface area contributed by atoms with Crippen molar-refractivity contribution >= 4 is 0 Å². The van der Waals surface area contributed by atoms with Crippen LogP contribution in [0.5, 0.6) is 0 Å². The summed E-state index contributed by atoms with van der Waals surface area (Å²) >= 11 is 0. The first-order valence-electron chi connectivity index (χ1n) is 26.3. The molecule has 0 aromatic heterocycles. The molecule has 10 heteroatoms. The lowest BCUT2D eigenvalue weighted by Gasteiger charge is -2.31. The van der Waals surface area contributed by atoms with Crippen molar-refractivity contribution in [3.8, 4) is 0 Å². The molecule has 9 unspecified atom stereocenters. The van der Waals surface area contributed by atoms with Crippen LogP contribution in [-0.2, 0) is 47.4 Å². The van der Waals surface area contributed by atoms with Gasteiger partial charge in [-0.1, -0.05) is 124 Å². The third-order valence-corrected chi connectivity index (χ3v) is 12.6. The molecule has 0 aromatic carbocycles. The normalized spacial score (nSPS) is 20.2. The van der Waals surface area contributed by atoms with Crippen LogP contribution in [0.25, 0.3) is 0 Å². The second-order valence-electron chi connectivity index (χ2n) is 22.3. The molecule has 10 nitrogen and oxygen atoms in total. The van der Waals surface area contributed by atoms with Gasteiger partial charge in [-0.3, -0.25) is 0 Å². The molecule has 10 atom stereocenters. The Morgan fingerprint density at radius 1 is 0.406 bits per heavy atom. The Balaban J connectivity index is 3.01. The largest absolute Gasteiger partial charge is 0.381 e. The van der Waals surface area contributed by atoms with Gasteiger partial charge in [-0.15, -0.1) is 0 Å². The quantitative estimate of drug-likeness (QED) is 0.0590. The maximum absolute atomic E-state index is 6.72. The van der Waals surface area contributed by atoms with Crippen molar-refractivity contribution in [3.63, 3.8) is 0 Å². The lowest BCUT2D eigenvalue weighted by molar-refractivity contribution is -0.170. The Labute approximate surface area is 396 Å². The van der Waals surface area contributed by atoms with Gasteiger partial charge in [-0.05, 0) is 91.3 Å². The molecule has 384 valence electrons. The van der Waals surface area contributed by atoms with Gasteiger partial charge in [0.05, 0.1) is 104 Å². The van der Waals surface area contributed by atoms with Crippen LogP contribution in [0, 0.1) is 65.1 Å². The van der Waals surface area contributed by atoms with Crippen molar-refractivity contribution in [2.24, 2.45) is 65.1 Å². The molecule has 0 N–H and O–H groups in total. The number of hydrogen-bond acceptors (Lipinski definition) is 10. The minimum atomic E-state index is -0.285. The van der Waals surface area contributed by atoms with Gasteiger partial charge >= 0.3 is 0 Å². The van der Waals surface area contributed by atoms with E-state index in [1.54, 1.807) is 0 Å². The summed E-state index contributed by atoms with van der Waals surface area (Å²) in [4.78, 5) is 0. The molecule has 1 saturated heterocycles. The van der Waals surface area contributed by atoms with Crippen LogP contribution < -0.4 is 0 Å². The van der Waals surface area contributed by atoms with Gasteiger partial charge in [0.15, 0.2) is 0 Å². The van der Waals surface area contributed by atoms with Crippen LogP contribution in [0.3, 0.4) is 0 Å². The summed E-state index contributed by atoms with van der Waals surface area (Å²) in [6, 6.07) is 0. The Kier molecular flexibility index (Phi) is 35.2. The van der Waals surface area contributed by atoms with E-state index in [4.69, 9.17) is 47.4 Å². The maximum atomic E-state index is 6.72. The van der Waals surface area contributed by atoms with Crippen molar-refractivity contribution in [3.05, 3.63) is 0 Å². The van der Waals surface area contributed by atoms with Gasteiger partial charge in [-0.2, -0.15) is 0 Å². The fourth-order valence-corrected chi connectivity index (χ4v) is 8.36. The molecule has 1 aliphatic heterocycles. The summed E-state index contributed by atoms with van der Waals surface area (Å²) in [6.07, 6.45) is 5.63. The highest BCUT2D eigenvalue weighted by Crippen LogP contribution is 2.24. The van der Waals surface area contributed by atoms with Gasteiger partial charge in [0.2, 0.25) is 0 Å². The Hall–Kier alpha value is -0.400. The second-order valence-corrected chi connectivity index (χ2v) is 22.3. The zero-order valence-corrected chi connectivity index (χ0v) is 45.0. The summed E-state index contributed by atoms with van der Waals surface area (Å²) in [5.41, 5.74) is 0. The molecule has 0 aliphatic carbocycles. The number of hydrogen-bond donors (Lipinski definition) is 0. The van der Waals surface area contributed by atoms with E-state index in [0.717, 1.165) is 38.9 Å². The van der Waals surface area contributed by atoms with Gasteiger partial charge in [0.25, 0.3) is 0 Å². The number of rotatable bonds is 41. The van der Waals surface area contributed by atoms with E-state index in [2.05, 4.69) is 118 Å². The molecule has 64 heavy (non-hydrogen) atoms. The summed E-state index contributed by atoms with van der Waals surface area (Å²) < 4.78 is 63.9. The third kappa shape index (κ3) is 30.9. The summed E-state index contributed by atoms with van der Waals surface area (Å²) in [7, 11) is 0. The molecule has 0 saturated carbocycles. The molecular weight excluding hydrogens is 809 g/mol. The first kappa shape index (κ1) is 61.6. The predicted molar refractivity (Wildman–Crippen MR) is 264 cm³/mol. The predicted octanol–water partition coefficient (Wildman–Crippen LogP) is 11.8. The smallest absolute Gasteiger partial charge is 0.105 e. The average molecular weight is 917 g/mol. The molecule has 1 aliphatic rings. The van der Waals surface area contributed by atoms with E-state index in [-0.39, 0.29) is 42.5 Å². The van der Waals surface area contributed by atoms with E-state index in [1.165, 1.54) is 12.8 Å². The van der Waals surface area contributed by atoms with Crippen molar-refractivity contribution in [2.45, 2.75) is 193 Å². The summed E-state index contributed by atoms with van der Waals surface area (Å²) in [5.74, 6) is 5.92. The zero-order chi connectivity index (χ0) is 48.0. The first-order chi connectivity index (χ1) is 30.3. The minimum absolute atomic E-state index is 0.0419. The van der Waals surface area contributed by atoms with Crippen LogP contribution in [0.2, 0.25) is 0 Å². The van der Waals surface area contributed by atoms with E-state index in [1.807, 2.05) is 0 Å². The molecule has 1 fully saturated rings. The zero-order valence-electron chi connectivity index (χ0n) is 45.0. The standard InChI is InChI=1S/C54H108O10/c1-18-46(42(11)12)27-62-52(32-58-30-50(22-40(7)8)61-28-48(44(15)16)21-39(5)6)33-60-35-53(34-56-25-45(17)24-55-26-47(43(13)14)20-38(3)4)63-49(19-2)29-57-36-54-37-59-31-51(64-54)23-41(9)10/h38-54H,18-37H2,1-17H3/t45-,46?,47?,48?,49?,50?,51?,52?,53?,54?/m1/s1. The van der Waals surface area contributed by atoms with E-state index in [0.29, 0.717) is 138 Å². The molecule has 0 bridgehead atoms. The van der Waals surface area contributed by atoms with Crippen molar-refractivity contribution in [2.75, 3.05) is 92.5 Å². The highest BCUT2D eigenvalue weighted by atomic mass is 16.6. The molecule has 0 spiro atoms. The minimum Gasteiger partial charge on any atom is -0.381 e. The van der Waals surface area contributed by atoms with Gasteiger partial charge < -0.3 is 47.4 Å². The molecule has 0 radical (unpaired) electrons. The van der Waals surface area contributed by atoms with Crippen LogP contribution in [0.4, 0.5) is 0 Å². The maximum Gasteiger partial charge on any atom is 0.105 e. The Morgan fingerprint density at radius 3 is 1.38 bits per heavy atom. The molecular formula is C54H108O10. The number of ether oxygens (including phenoxy) is 10. The van der Waals surface area contributed by atoms with E-state index < -0.39 is 0 Å². The molecule has 0 aromatic rings. The SMILES string of the molecule is CCC(COCC1COCC(CC(C)C)O1)OC(COCC(COCC(CC(C)C)OCC(CC(C)C)C(C)C)OCC(CC)C(C)C)COC[C@H](C)COCC(CC(C)C)C(C)C. The first-order valence-corrected chi connectivity index (χ1v) is 26.3. The van der Waals surface area contributed by atoms with Gasteiger partial charge in [-0.25, -0.2) is 0 Å². The van der Waals surface area contributed by atoms with E-state index >= 15 is 0 Å². The highest BCUT2D eigenvalue weighted by Gasteiger charge is 2.26. The fraction of sp³-hybridized carbons (Fsp3) is 1.00. The van der Waals surface area contributed by atoms with Crippen LogP contribution in [0.15, 0.2) is 0 Å². The van der Waals surface area contributed by atoms with Crippen molar-refractivity contribution < 1.29 is 47.4 Å². The fourth-order valence-electron chi connectivity index (χ4n) is 8.36. The Morgan fingerprint density at radius 2 is 0.859 bits per heavy atom.